The molecule has 0 aliphatic rings. The zero-order valence-electron chi connectivity index (χ0n) is 6.07. The average molecular weight is 314 g/mol. The highest BCUT2D eigenvalue weighted by Gasteiger charge is 2.10. The fourth-order valence-corrected chi connectivity index (χ4v) is 4.17. The summed E-state index contributed by atoms with van der Waals surface area (Å²) in [4.78, 5) is 10.3. The van der Waals surface area contributed by atoms with Crippen molar-refractivity contribution in [3.8, 4) is 0 Å². The molecule has 66 valence electrons. The Morgan fingerprint density at radius 3 is 3.08 bits per heavy atom. The average Bonchev–Trinajstić information content (AvgIpc) is 2.37. The zero-order valence-corrected chi connectivity index (χ0v) is 9.86. The Kier molecular flexibility index (Phi) is 4.38. The number of thioether (sulfide) groups is 1. The standard InChI is InChI=1S/C7H7IO2S2/c8-5(4-6(9)10)12-7-2-1-3-11-7/h1-3,5H,4H2,(H,9,10)/t5-/m1/s1. The minimum Gasteiger partial charge on any atom is -0.481 e. The zero-order chi connectivity index (χ0) is 8.97. The Bertz CT molecular complexity index is 248. The van der Waals surface area contributed by atoms with Gasteiger partial charge in [-0.05, 0) is 11.4 Å². The minimum absolute atomic E-state index is 0.124. The normalized spacial score (nSPS) is 12.8. The second-order valence-electron chi connectivity index (χ2n) is 2.06. The predicted molar refractivity (Wildman–Crippen MR) is 60.2 cm³/mol. The smallest absolute Gasteiger partial charge is 0.305 e. The number of halogens is 1. The molecule has 0 unspecified atom stereocenters. The molecule has 0 bridgehead atoms. The maximum Gasteiger partial charge on any atom is 0.305 e. The van der Waals surface area contributed by atoms with Crippen LogP contribution in [0, 0.1) is 0 Å². The van der Waals surface area contributed by atoms with Crippen molar-refractivity contribution in [2.75, 3.05) is 0 Å². The molecule has 5 heteroatoms. The number of carboxylic acids is 1. The van der Waals surface area contributed by atoms with Crippen molar-refractivity contribution in [2.45, 2.75) is 13.9 Å². The van der Waals surface area contributed by atoms with Crippen molar-refractivity contribution < 1.29 is 9.90 Å². The van der Waals surface area contributed by atoms with Crippen molar-refractivity contribution in [3.63, 3.8) is 0 Å². The molecule has 0 amide bonds. The van der Waals surface area contributed by atoms with Crippen LogP contribution >= 0.6 is 45.7 Å². The van der Waals surface area contributed by atoms with Gasteiger partial charge in [-0.15, -0.1) is 23.1 Å². The lowest BCUT2D eigenvalue weighted by atomic mass is 10.5. The molecule has 1 aromatic heterocycles. The number of hydrogen-bond donors (Lipinski definition) is 1. The highest BCUT2D eigenvalue weighted by atomic mass is 127. The van der Waals surface area contributed by atoms with E-state index in [1.165, 1.54) is 4.21 Å². The highest BCUT2D eigenvalue weighted by molar-refractivity contribution is 14.1. The monoisotopic (exact) mass is 314 g/mol. The molecule has 0 spiro atoms. The van der Waals surface area contributed by atoms with E-state index in [0.29, 0.717) is 0 Å². The summed E-state index contributed by atoms with van der Waals surface area (Å²) in [5, 5.41) is 10.5. The summed E-state index contributed by atoms with van der Waals surface area (Å²) in [6.07, 6.45) is 0.211. The molecule has 2 nitrogen and oxygen atoms in total. The Morgan fingerprint density at radius 2 is 2.58 bits per heavy atom. The van der Waals surface area contributed by atoms with Crippen molar-refractivity contribution in [1.29, 1.82) is 0 Å². The molecule has 1 aromatic rings. The van der Waals surface area contributed by atoms with Crippen LogP contribution in [-0.2, 0) is 4.79 Å². The van der Waals surface area contributed by atoms with Gasteiger partial charge in [-0.25, -0.2) is 0 Å². The number of aliphatic carboxylic acids is 1. The van der Waals surface area contributed by atoms with Crippen molar-refractivity contribution in [3.05, 3.63) is 17.5 Å². The van der Waals surface area contributed by atoms with Crippen LogP contribution in [0.2, 0.25) is 0 Å². The molecule has 0 aliphatic carbocycles. The van der Waals surface area contributed by atoms with Crippen molar-refractivity contribution in [2.24, 2.45) is 0 Å². The Balaban J connectivity index is 2.36. The van der Waals surface area contributed by atoms with E-state index in [4.69, 9.17) is 5.11 Å². The maximum atomic E-state index is 10.3. The Morgan fingerprint density at radius 1 is 1.83 bits per heavy atom. The molecule has 1 N–H and O–H groups in total. The number of rotatable bonds is 4. The number of alkyl halides is 1. The van der Waals surface area contributed by atoms with Gasteiger partial charge in [0, 0.05) is 0 Å². The summed E-state index contributed by atoms with van der Waals surface area (Å²) >= 11 is 5.39. The lowest BCUT2D eigenvalue weighted by Crippen LogP contribution is -2.01. The lowest BCUT2D eigenvalue weighted by Gasteiger charge is -2.03. The summed E-state index contributed by atoms with van der Waals surface area (Å²) in [6.45, 7) is 0. The minimum atomic E-state index is -0.738. The van der Waals surface area contributed by atoms with Gasteiger partial charge in [0.15, 0.2) is 0 Å². The van der Waals surface area contributed by atoms with Crippen LogP contribution in [0.4, 0.5) is 0 Å². The first kappa shape index (κ1) is 10.3. The molecule has 1 atom stereocenters. The van der Waals surface area contributed by atoms with Crippen LogP contribution in [0.3, 0.4) is 0 Å². The first-order valence-corrected chi connectivity index (χ1v) is 6.25. The van der Waals surface area contributed by atoms with E-state index in [1.54, 1.807) is 23.1 Å². The molecule has 12 heavy (non-hydrogen) atoms. The summed E-state index contributed by atoms with van der Waals surface area (Å²) in [6, 6.07) is 3.97. The number of carbonyl (C=O) groups is 1. The largest absolute Gasteiger partial charge is 0.481 e. The molecule has 0 saturated heterocycles. The van der Waals surface area contributed by atoms with Crippen molar-refractivity contribution in [1.82, 2.24) is 0 Å². The van der Waals surface area contributed by atoms with Crippen molar-refractivity contribution >= 4 is 51.7 Å². The topological polar surface area (TPSA) is 37.3 Å². The summed E-state index contributed by atoms with van der Waals surface area (Å²) in [5.41, 5.74) is 0. The first-order valence-electron chi connectivity index (χ1n) is 3.24. The Labute approximate surface area is 92.5 Å². The number of thiophene rings is 1. The summed E-state index contributed by atoms with van der Waals surface area (Å²) < 4.78 is 1.30. The van der Waals surface area contributed by atoms with E-state index >= 15 is 0 Å². The fraction of sp³-hybridized carbons (Fsp3) is 0.286. The van der Waals surface area contributed by atoms with Crippen LogP contribution in [-0.4, -0.2) is 14.3 Å². The second-order valence-corrected chi connectivity index (χ2v) is 6.86. The van der Waals surface area contributed by atoms with Gasteiger partial charge in [0.25, 0.3) is 0 Å². The Hall–Kier alpha value is 0.250. The van der Waals surface area contributed by atoms with Gasteiger partial charge in [-0.1, -0.05) is 28.7 Å². The van der Waals surface area contributed by atoms with E-state index in [-0.39, 0.29) is 9.68 Å². The van der Waals surface area contributed by atoms with E-state index in [1.807, 2.05) is 17.5 Å². The van der Waals surface area contributed by atoms with Gasteiger partial charge >= 0.3 is 5.97 Å². The molecule has 0 saturated carbocycles. The van der Waals surface area contributed by atoms with Gasteiger partial charge in [0.05, 0.1) is 13.9 Å². The number of carboxylic acid groups (broad SMARTS) is 1. The molecule has 0 aromatic carbocycles. The van der Waals surface area contributed by atoms with E-state index in [9.17, 15) is 4.79 Å². The molecule has 0 fully saturated rings. The van der Waals surface area contributed by atoms with Gasteiger partial charge in [-0.2, -0.15) is 0 Å². The van der Waals surface area contributed by atoms with Gasteiger partial charge < -0.3 is 5.11 Å². The van der Waals surface area contributed by atoms with E-state index < -0.39 is 5.97 Å². The number of hydrogen-bond acceptors (Lipinski definition) is 3. The molecule has 1 rings (SSSR count). The maximum absolute atomic E-state index is 10.3. The van der Waals surface area contributed by atoms with Crippen LogP contribution < -0.4 is 0 Å². The molecule has 1 heterocycles. The highest BCUT2D eigenvalue weighted by Crippen LogP contribution is 2.32. The fourth-order valence-electron chi connectivity index (χ4n) is 0.636. The van der Waals surface area contributed by atoms with E-state index in [0.717, 1.165) is 0 Å². The van der Waals surface area contributed by atoms with Gasteiger partial charge in [0.2, 0.25) is 0 Å². The molecular weight excluding hydrogens is 307 g/mol. The summed E-state index contributed by atoms with van der Waals surface area (Å²) in [5.74, 6) is -0.738. The predicted octanol–water partition coefficient (Wildman–Crippen LogP) is 3.08. The third kappa shape index (κ3) is 3.77. The summed E-state index contributed by atoms with van der Waals surface area (Å²) in [7, 11) is 0. The quantitative estimate of drug-likeness (QED) is 0.527. The van der Waals surface area contributed by atoms with Crippen LogP contribution in [0.5, 0.6) is 0 Å². The second kappa shape index (κ2) is 5.08. The SMILES string of the molecule is O=C(O)C[C@H](I)Sc1cccs1. The van der Waals surface area contributed by atoms with Gasteiger partial charge in [-0.3, -0.25) is 4.79 Å². The van der Waals surface area contributed by atoms with E-state index in [2.05, 4.69) is 22.6 Å². The third-order valence-corrected chi connectivity index (χ3v) is 4.31. The van der Waals surface area contributed by atoms with Crippen LogP contribution in [0.25, 0.3) is 0 Å². The molecule has 0 aliphatic heterocycles. The third-order valence-electron chi connectivity index (χ3n) is 1.07. The van der Waals surface area contributed by atoms with Gasteiger partial charge in [0.1, 0.15) is 0 Å². The molecule has 0 radical (unpaired) electrons. The first-order chi connectivity index (χ1) is 5.68. The van der Waals surface area contributed by atoms with Crippen LogP contribution in [0.1, 0.15) is 6.42 Å². The lowest BCUT2D eigenvalue weighted by molar-refractivity contribution is -0.136. The molecular formula is C7H7IO2S2. The van der Waals surface area contributed by atoms with Crippen LogP contribution in [0.15, 0.2) is 21.7 Å².